The van der Waals surface area contributed by atoms with Crippen molar-refractivity contribution in [3.8, 4) is 0 Å². The molecule has 0 saturated heterocycles. The van der Waals surface area contributed by atoms with Crippen LogP contribution in [0, 0.1) is 11.8 Å². The zero-order valence-corrected chi connectivity index (χ0v) is 8.43. The minimum Gasteiger partial charge on any atom is -0.327 e. The Morgan fingerprint density at radius 3 is 2.79 bits per heavy atom. The summed E-state index contributed by atoms with van der Waals surface area (Å²) >= 11 is 0. The van der Waals surface area contributed by atoms with Crippen LogP contribution >= 0.6 is 0 Å². The van der Waals surface area contributed by atoms with Gasteiger partial charge < -0.3 is 4.84 Å². The lowest BCUT2D eigenvalue weighted by molar-refractivity contribution is -0.490. The van der Waals surface area contributed by atoms with Crippen LogP contribution in [0.15, 0.2) is 0 Å². The Balaban J connectivity index is 1.39. The summed E-state index contributed by atoms with van der Waals surface area (Å²) in [6, 6.07) is 0.757. The number of hydroxylamine groups is 2. The van der Waals surface area contributed by atoms with Crippen LogP contribution < -0.4 is 0 Å². The number of unbranched alkanes of at least 4 members (excludes halogenated alkanes) is 1. The van der Waals surface area contributed by atoms with Crippen LogP contribution in [0.3, 0.4) is 0 Å². The normalized spacial score (nSPS) is 33.2. The van der Waals surface area contributed by atoms with Gasteiger partial charge in [-0.1, -0.05) is 10.1 Å². The molecule has 2 atom stereocenters. The second kappa shape index (κ2) is 4.55. The molecule has 0 radical (unpaired) electrons. The summed E-state index contributed by atoms with van der Waals surface area (Å²) in [5.74, 6) is 1.93. The van der Waals surface area contributed by atoms with E-state index in [1.165, 1.54) is 6.42 Å². The lowest BCUT2D eigenvalue weighted by atomic mass is 10.3. The Bertz CT molecular complexity index is 182. The summed E-state index contributed by atoms with van der Waals surface area (Å²) < 4.78 is 0. The van der Waals surface area contributed by atoms with Crippen molar-refractivity contribution in [3.63, 3.8) is 0 Å². The lowest BCUT2D eigenvalue weighted by Crippen LogP contribution is -2.30. The largest absolute Gasteiger partial charge is 0.327 e. The van der Waals surface area contributed by atoms with Gasteiger partial charge in [-0.15, -0.1) is 0 Å². The molecule has 5 nitrogen and oxygen atoms in total. The van der Waals surface area contributed by atoms with E-state index in [1.54, 1.807) is 0 Å². The quantitative estimate of drug-likeness (QED) is 0.272. The zero-order chi connectivity index (χ0) is 9.97. The molecule has 82 valence electrons. The van der Waals surface area contributed by atoms with E-state index in [4.69, 9.17) is 5.26 Å². The summed E-state index contributed by atoms with van der Waals surface area (Å²) in [5.41, 5.74) is 0. The molecule has 0 aromatic heterocycles. The van der Waals surface area contributed by atoms with Crippen LogP contribution in [-0.2, 0) is 9.93 Å². The molecule has 2 rings (SSSR count). The van der Waals surface area contributed by atoms with Gasteiger partial charge in [-0.2, -0.15) is 0 Å². The summed E-state index contributed by atoms with van der Waals surface area (Å²) in [6.45, 7) is 1.26. The van der Waals surface area contributed by atoms with E-state index in [2.05, 4.69) is 26.9 Å². The Labute approximate surface area is 83.4 Å². The molecule has 2 saturated carbocycles. The maximum atomic E-state index is 7.87. The Morgan fingerprint density at radius 1 is 1.43 bits per heavy atom. The fraction of sp³-hybridized carbons (Fsp3) is 1.00. The van der Waals surface area contributed by atoms with Gasteiger partial charge in [-0.25, -0.2) is 10.1 Å². The van der Waals surface area contributed by atoms with Crippen molar-refractivity contribution in [2.45, 2.75) is 25.3 Å². The zero-order valence-electron chi connectivity index (χ0n) is 8.43. The molecular weight excluding hydrogens is 186 g/mol. The number of aliphatic hydroxyl groups is 1. The van der Waals surface area contributed by atoms with E-state index in [9.17, 15) is 0 Å². The monoisotopic (exact) mass is 204 g/mol. The Hall–Kier alpha value is -0.200. The van der Waals surface area contributed by atoms with Gasteiger partial charge in [0.05, 0.1) is 19.7 Å². The van der Waals surface area contributed by atoms with Crippen molar-refractivity contribution < 1.29 is 20.0 Å². The summed E-state index contributed by atoms with van der Waals surface area (Å²) in [6.07, 6.45) is 3.25. The smallest absolute Gasteiger partial charge is 0.167 e. The minimum atomic E-state index is 0.421. The molecule has 2 aliphatic carbocycles. The van der Waals surface area contributed by atoms with Crippen molar-refractivity contribution in [2.75, 3.05) is 20.3 Å². The highest BCUT2D eigenvalue weighted by Gasteiger charge is 2.68. The van der Waals surface area contributed by atoms with Crippen LogP contribution in [0.1, 0.15) is 19.3 Å². The van der Waals surface area contributed by atoms with E-state index < -0.39 is 0 Å². The number of hydrogen-bond donors (Lipinski definition) is 1. The molecule has 2 unspecified atom stereocenters. The summed E-state index contributed by atoms with van der Waals surface area (Å²) in [7, 11) is 2.06. The van der Waals surface area contributed by atoms with Crippen LogP contribution in [0.5, 0.6) is 0 Å². The average molecular weight is 204 g/mol. The molecule has 0 heterocycles. The molecular formula is C9H18NO4+. The maximum Gasteiger partial charge on any atom is 0.167 e. The number of nitrogens with zero attached hydrogens (tertiary/aromatic N) is 1. The first-order chi connectivity index (χ1) is 6.84. The van der Waals surface area contributed by atoms with Gasteiger partial charge >= 0.3 is 0 Å². The molecule has 0 aliphatic heterocycles. The van der Waals surface area contributed by atoms with Crippen molar-refractivity contribution in [1.82, 2.24) is 5.06 Å². The molecule has 0 aromatic carbocycles. The first kappa shape index (κ1) is 10.3. The van der Waals surface area contributed by atoms with E-state index in [1.807, 2.05) is 0 Å². The number of hydrogen-bond acceptors (Lipinski definition) is 4. The van der Waals surface area contributed by atoms with Gasteiger partial charge in [0.1, 0.15) is 0 Å². The Morgan fingerprint density at radius 2 is 2.21 bits per heavy atom. The SMILES string of the molecule is CN([OH+]CCCCOOO)C1C2CC21. The van der Waals surface area contributed by atoms with Gasteiger partial charge in [0, 0.05) is 6.42 Å². The summed E-state index contributed by atoms with van der Waals surface area (Å²) in [4.78, 5) is 8.76. The molecule has 0 amide bonds. The third-order valence-electron chi connectivity index (χ3n) is 3.07. The van der Waals surface area contributed by atoms with Crippen molar-refractivity contribution in [1.29, 1.82) is 0 Å². The highest BCUT2D eigenvalue weighted by Crippen LogP contribution is 2.64. The molecule has 2 fully saturated rings. The van der Waals surface area contributed by atoms with Crippen LogP contribution in [0.25, 0.3) is 0 Å². The van der Waals surface area contributed by atoms with Crippen LogP contribution in [0.4, 0.5) is 0 Å². The van der Waals surface area contributed by atoms with E-state index in [-0.39, 0.29) is 0 Å². The van der Waals surface area contributed by atoms with E-state index in [0.29, 0.717) is 6.61 Å². The van der Waals surface area contributed by atoms with Crippen LogP contribution in [0.2, 0.25) is 0 Å². The topological polar surface area (TPSA) is 54.7 Å². The van der Waals surface area contributed by atoms with Gasteiger partial charge in [-0.05, 0) is 24.7 Å². The molecule has 14 heavy (non-hydrogen) atoms. The minimum absolute atomic E-state index is 0.421. The van der Waals surface area contributed by atoms with Gasteiger partial charge in [0.2, 0.25) is 0 Å². The second-order valence-electron chi connectivity index (χ2n) is 4.10. The van der Waals surface area contributed by atoms with Gasteiger partial charge in [-0.3, -0.25) is 0 Å². The van der Waals surface area contributed by atoms with Crippen LogP contribution in [-0.4, -0.2) is 41.5 Å². The number of rotatable bonds is 8. The average Bonchev–Trinajstić information content (AvgIpc) is 2.99. The fourth-order valence-electron chi connectivity index (χ4n) is 1.93. The lowest BCUT2D eigenvalue weighted by Gasteiger charge is -2.14. The highest BCUT2D eigenvalue weighted by atomic mass is 17.5. The maximum absolute atomic E-state index is 7.87. The van der Waals surface area contributed by atoms with E-state index in [0.717, 1.165) is 37.3 Å². The first-order valence-electron chi connectivity index (χ1n) is 5.18. The Kier molecular flexibility index (Phi) is 3.35. The molecule has 0 spiro atoms. The third-order valence-corrected chi connectivity index (χ3v) is 3.07. The van der Waals surface area contributed by atoms with Gasteiger partial charge in [0.25, 0.3) is 0 Å². The predicted molar refractivity (Wildman–Crippen MR) is 49.1 cm³/mol. The molecule has 0 bridgehead atoms. The van der Waals surface area contributed by atoms with Crippen molar-refractivity contribution in [2.24, 2.45) is 11.8 Å². The van der Waals surface area contributed by atoms with Crippen molar-refractivity contribution in [3.05, 3.63) is 0 Å². The third kappa shape index (κ3) is 2.43. The highest BCUT2D eigenvalue weighted by molar-refractivity contribution is 5.16. The molecule has 5 heteroatoms. The summed E-state index contributed by atoms with van der Waals surface area (Å²) in [5, 5.41) is 13.5. The number of fused-ring (bicyclic) bond motifs is 1. The van der Waals surface area contributed by atoms with E-state index >= 15 is 0 Å². The molecule has 0 aromatic rings. The standard InChI is InChI=1S/C9H17NO4/c1-10(9-7-6-8(7)9)12-4-2-3-5-13-14-11/h7-9,11H,2-6H2,1H3/p+1. The fourth-order valence-corrected chi connectivity index (χ4v) is 1.93. The molecule has 2 aliphatic rings. The first-order valence-corrected chi connectivity index (χ1v) is 5.18. The van der Waals surface area contributed by atoms with Crippen molar-refractivity contribution >= 4 is 0 Å². The van der Waals surface area contributed by atoms with Gasteiger partial charge in [0.15, 0.2) is 6.61 Å². The predicted octanol–water partition coefficient (Wildman–Crippen LogP) is 0.581. The second-order valence-corrected chi connectivity index (χ2v) is 4.10. The molecule has 2 N–H and O–H groups in total.